The van der Waals surface area contributed by atoms with Crippen LogP contribution in [0.5, 0.6) is 0 Å². The van der Waals surface area contributed by atoms with E-state index in [0.29, 0.717) is 37.4 Å². The Labute approximate surface area is 148 Å². The van der Waals surface area contributed by atoms with Crippen LogP contribution >= 0.6 is 0 Å². The molecule has 26 heavy (non-hydrogen) atoms. The summed E-state index contributed by atoms with van der Waals surface area (Å²) in [7, 11) is 0. The molecule has 1 aromatic carbocycles. The number of carbonyl (C=O) groups is 1. The van der Waals surface area contributed by atoms with Gasteiger partial charge in [-0.15, -0.1) is 0 Å². The third-order valence-corrected chi connectivity index (χ3v) is 5.18. The Hall–Kier alpha value is -2.45. The van der Waals surface area contributed by atoms with E-state index in [1.165, 1.54) is 6.20 Å². The standard InChI is InChI=1S/C18H20FN3O4/c19-14-7-12-15(8-16(14)21-5-3-20(10-23)4-6-21)22(11-1-2-11)9-13(17(12)24)18(25)26/h7-9,11,23H,1-6,10H2,(H,25,26). The van der Waals surface area contributed by atoms with Crippen molar-refractivity contribution in [3.63, 3.8) is 0 Å². The quantitative estimate of drug-likeness (QED) is 0.852. The zero-order chi connectivity index (χ0) is 18.4. The molecule has 1 aliphatic carbocycles. The second-order valence-electron chi connectivity index (χ2n) is 6.88. The molecule has 8 heteroatoms. The number of anilines is 1. The second kappa shape index (κ2) is 6.37. The van der Waals surface area contributed by atoms with Crippen LogP contribution in [0, 0.1) is 5.82 Å². The minimum Gasteiger partial charge on any atom is -0.477 e. The smallest absolute Gasteiger partial charge is 0.341 e. The molecule has 0 amide bonds. The van der Waals surface area contributed by atoms with Gasteiger partial charge in [-0.25, -0.2) is 9.18 Å². The molecule has 0 atom stereocenters. The van der Waals surface area contributed by atoms with Gasteiger partial charge in [0.2, 0.25) is 5.43 Å². The van der Waals surface area contributed by atoms with E-state index in [0.717, 1.165) is 18.9 Å². The summed E-state index contributed by atoms with van der Waals surface area (Å²) < 4.78 is 16.5. The number of aromatic carboxylic acids is 1. The van der Waals surface area contributed by atoms with Gasteiger partial charge in [0, 0.05) is 43.8 Å². The van der Waals surface area contributed by atoms with E-state index < -0.39 is 17.2 Å². The fraction of sp³-hybridized carbons (Fsp3) is 0.444. The number of aliphatic hydroxyl groups excluding tert-OH is 1. The molecule has 2 N–H and O–H groups in total. The molecule has 1 saturated heterocycles. The predicted molar refractivity (Wildman–Crippen MR) is 94.3 cm³/mol. The van der Waals surface area contributed by atoms with E-state index in [1.807, 2.05) is 9.80 Å². The molecular weight excluding hydrogens is 341 g/mol. The number of carboxylic acids is 1. The highest BCUT2D eigenvalue weighted by atomic mass is 19.1. The number of carboxylic acid groups (broad SMARTS) is 1. The third-order valence-electron chi connectivity index (χ3n) is 5.18. The van der Waals surface area contributed by atoms with Crippen LogP contribution in [0.15, 0.2) is 23.1 Å². The summed E-state index contributed by atoms with van der Waals surface area (Å²) in [6, 6.07) is 2.97. The van der Waals surface area contributed by atoms with Crippen LogP contribution in [0.25, 0.3) is 10.9 Å². The Balaban J connectivity index is 1.83. The Morgan fingerprint density at radius 1 is 1.19 bits per heavy atom. The summed E-state index contributed by atoms with van der Waals surface area (Å²) in [5.41, 5.74) is 0.00325. The molecule has 0 radical (unpaired) electrons. The number of aromatic nitrogens is 1. The van der Waals surface area contributed by atoms with Gasteiger partial charge in [0.05, 0.1) is 17.9 Å². The first kappa shape index (κ1) is 17.0. The van der Waals surface area contributed by atoms with Crippen LogP contribution in [0.2, 0.25) is 0 Å². The van der Waals surface area contributed by atoms with Gasteiger partial charge < -0.3 is 19.7 Å². The van der Waals surface area contributed by atoms with E-state index in [1.54, 1.807) is 10.6 Å². The van der Waals surface area contributed by atoms with Gasteiger partial charge in [-0.2, -0.15) is 0 Å². The number of hydrogen-bond donors (Lipinski definition) is 2. The zero-order valence-corrected chi connectivity index (χ0v) is 14.2. The molecule has 4 rings (SSSR count). The van der Waals surface area contributed by atoms with Crippen molar-refractivity contribution >= 4 is 22.6 Å². The fourth-order valence-electron chi connectivity index (χ4n) is 3.54. The highest BCUT2D eigenvalue weighted by molar-refractivity contribution is 5.93. The average Bonchev–Trinajstić information content (AvgIpc) is 3.47. The van der Waals surface area contributed by atoms with E-state index in [2.05, 4.69) is 0 Å². The molecule has 1 saturated carbocycles. The molecule has 2 fully saturated rings. The zero-order valence-electron chi connectivity index (χ0n) is 14.2. The molecule has 1 aromatic heterocycles. The normalized spacial score (nSPS) is 18.5. The molecule has 2 heterocycles. The lowest BCUT2D eigenvalue weighted by molar-refractivity contribution is 0.0694. The highest BCUT2D eigenvalue weighted by Gasteiger charge is 2.28. The number of aliphatic hydroxyl groups is 1. The number of hydrogen-bond acceptors (Lipinski definition) is 5. The fourth-order valence-corrected chi connectivity index (χ4v) is 3.54. The summed E-state index contributed by atoms with van der Waals surface area (Å²) in [5.74, 6) is -1.83. The van der Waals surface area contributed by atoms with Crippen molar-refractivity contribution < 1.29 is 19.4 Å². The van der Waals surface area contributed by atoms with Gasteiger partial charge in [0.25, 0.3) is 0 Å². The van der Waals surface area contributed by atoms with E-state index >= 15 is 0 Å². The van der Waals surface area contributed by atoms with Crippen molar-refractivity contribution in [1.29, 1.82) is 0 Å². The first-order valence-electron chi connectivity index (χ1n) is 8.69. The summed E-state index contributed by atoms with van der Waals surface area (Å²) in [6.07, 6.45) is 3.22. The van der Waals surface area contributed by atoms with Crippen LogP contribution in [0.3, 0.4) is 0 Å². The minimum absolute atomic E-state index is 0.0206. The first-order valence-corrected chi connectivity index (χ1v) is 8.69. The van der Waals surface area contributed by atoms with Gasteiger partial charge in [0.1, 0.15) is 11.4 Å². The van der Waals surface area contributed by atoms with Crippen LogP contribution in [0.4, 0.5) is 10.1 Å². The Morgan fingerprint density at radius 2 is 1.88 bits per heavy atom. The summed E-state index contributed by atoms with van der Waals surface area (Å²) in [6.45, 7) is 2.38. The molecule has 0 unspecified atom stereocenters. The van der Waals surface area contributed by atoms with Gasteiger partial charge in [0.15, 0.2) is 0 Å². The highest BCUT2D eigenvalue weighted by Crippen LogP contribution is 2.38. The molecule has 2 aromatic rings. The van der Waals surface area contributed by atoms with Crippen molar-refractivity contribution in [2.24, 2.45) is 0 Å². The lowest BCUT2D eigenvalue weighted by Gasteiger charge is -2.35. The molecule has 2 aliphatic rings. The Morgan fingerprint density at radius 3 is 2.46 bits per heavy atom. The maximum atomic E-state index is 14.7. The number of halogens is 1. The number of pyridine rings is 1. The van der Waals surface area contributed by atoms with Gasteiger partial charge in [-0.3, -0.25) is 9.69 Å². The van der Waals surface area contributed by atoms with Crippen LogP contribution in [-0.2, 0) is 0 Å². The van der Waals surface area contributed by atoms with Crippen molar-refractivity contribution in [2.75, 3.05) is 37.8 Å². The maximum Gasteiger partial charge on any atom is 0.341 e. The van der Waals surface area contributed by atoms with Crippen LogP contribution in [-0.4, -0.2) is 58.6 Å². The summed E-state index contributed by atoms with van der Waals surface area (Å²) in [4.78, 5) is 27.6. The lowest BCUT2D eigenvalue weighted by Crippen LogP contribution is -2.46. The Kier molecular flexibility index (Phi) is 4.16. The third kappa shape index (κ3) is 2.85. The minimum atomic E-state index is -1.30. The predicted octanol–water partition coefficient (Wildman–Crippen LogP) is 1.25. The number of fused-ring (bicyclic) bond motifs is 1. The van der Waals surface area contributed by atoms with Gasteiger partial charge in [-0.1, -0.05) is 0 Å². The lowest BCUT2D eigenvalue weighted by atomic mass is 10.1. The monoisotopic (exact) mass is 361 g/mol. The largest absolute Gasteiger partial charge is 0.477 e. The Bertz CT molecular complexity index is 930. The van der Waals surface area contributed by atoms with Crippen LogP contribution in [0.1, 0.15) is 29.2 Å². The summed E-state index contributed by atoms with van der Waals surface area (Å²) >= 11 is 0. The van der Waals surface area contributed by atoms with E-state index in [9.17, 15) is 24.2 Å². The van der Waals surface area contributed by atoms with Crippen molar-refractivity contribution in [3.8, 4) is 0 Å². The van der Waals surface area contributed by atoms with Crippen LogP contribution < -0.4 is 10.3 Å². The van der Waals surface area contributed by atoms with Gasteiger partial charge >= 0.3 is 5.97 Å². The average molecular weight is 361 g/mol. The molecule has 1 aliphatic heterocycles. The van der Waals surface area contributed by atoms with Crippen molar-refractivity contribution in [2.45, 2.75) is 18.9 Å². The second-order valence-corrected chi connectivity index (χ2v) is 6.88. The number of benzene rings is 1. The number of piperazine rings is 1. The topological polar surface area (TPSA) is 86.0 Å². The van der Waals surface area contributed by atoms with Crippen molar-refractivity contribution in [3.05, 3.63) is 39.9 Å². The molecule has 0 spiro atoms. The molecule has 7 nitrogen and oxygen atoms in total. The molecular formula is C18H20FN3O4. The van der Waals surface area contributed by atoms with E-state index in [-0.39, 0.29) is 23.7 Å². The van der Waals surface area contributed by atoms with Gasteiger partial charge in [-0.05, 0) is 25.0 Å². The SMILES string of the molecule is O=C(O)c1cn(C2CC2)c2cc(N3CCN(CO)CC3)c(F)cc2c1=O. The van der Waals surface area contributed by atoms with Crippen molar-refractivity contribution in [1.82, 2.24) is 9.47 Å². The summed E-state index contributed by atoms with van der Waals surface area (Å²) in [5, 5.41) is 18.6. The molecule has 0 bridgehead atoms. The maximum absolute atomic E-state index is 14.7. The number of rotatable bonds is 4. The van der Waals surface area contributed by atoms with E-state index in [4.69, 9.17) is 0 Å². The molecule has 138 valence electrons. The number of nitrogens with zero attached hydrogens (tertiary/aromatic N) is 3. The first-order chi connectivity index (χ1) is 12.5.